The number of nitro groups is 1. The first-order valence-electron chi connectivity index (χ1n) is 8.86. The molecular formula is C19H20N4O6. The van der Waals surface area contributed by atoms with Crippen LogP contribution < -0.4 is 20.3 Å². The minimum atomic E-state index is -0.972. The lowest BCUT2D eigenvalue weighted by molar-refractivity contribution is -0.384. The van der Waals surface area contributed by atoms with E-state index in [9.17, 15) is 19.7 Å². The number of nitro benzene ring substituents is 1. The van der Waals surface area contributed by atoms with Crippen molar-refractivity contribution in [3.63, 3.8) is 0 Å². The lowest BCUT2D eigenvalue weighted by Gasteiger charge is -2.30. The van der Waals surface area contributed by atoms with E-state index in [1.54, 1.807) is 12.1 Å². The van der Waals surface area contributed by atoms with Crippen molar-refractivity contribution >= 4 is 34.6 Å². The van der Waals surface area contributed by atoms with E-state index < -0.39 is 16.7 Å². The normalized spacial score (nSPS) is 13.5. The maximum absolute atomic E-state index is 12.4. The highest BCUT2D eigenvalue weighted by atomic mass is 16.6. The summed E-state index contributed by atoms with van der Waals surface area (Å²) in [7, 11) is 1.36. The molecule has 1 saturated heterocycles. The number of carbonyl (C=O) groups excluding carboxylic acids is 2. The summed E-state index contributed by atoms with van der Waals surface area (Å²) in [6, 6.07) is 10.9. The molecule has 10 nitrogen and oxygen atoms in total. The first kappa shape index (κ1) is 20.1. The summed E-state index contributed by atoms with van der Waals surface area (Å²) < 4.78 is 10.4. The molecule has 0 unspecified atom stereocenters. The zero-order valence-corrected chi connectivity index (χ0v) is 15.7. The molecule has 1 fully saturated rings. The van der Waals surface area contributed by atoms with Crippen LogP contribution >= 0.6 is 0 Å². The van der Waals surface area contributed by atoms with Crippen LogP contribution in [0, 0.1) is 10.1 Å². The predicted molar refractivity (Wildman–Crippen MR) is 106 cm³/mol. The van der Waals surface area contributed by atoms with Gasteiger partial charge in [-0.05, 0) is 18.2 Å². The Kier molecular flexibility index (Phi) is 6.25. The topological polar surface area (TPSA) is 123 Å². The molecule has 2 N–H and O–H groups in total. The number of nitrogens with zero attached hydrogens (tertiary/aromatic N) is 2. The van der Waals surface area contributed by atoms with Gasteiger partial charge in [-0.2, -0.15) is 0 Å². The van der Waals surface area contributed by atoms with Gasteiger partial charge in [-0.15, -0.1) is 0 Å². The summed E-state index contributed by atoms with van der Waals surface area (Å²) in [5.74, 6) is -1.68. The van der Waals surface area contributed by atoms with Gasteiger partial charge in [0.2, 0.25) is 0 Å². The van der Waals surface area contributed by atoms with E-state index in [4.69, 9.17) is 9.47 Å². The summed E-state index contributed by atoms with van der Waals surface area (Å²) in [4.78, 5) is 37.2. The third-order valence-electron chi connectivity index (χ3n) is 4.35. The molecule has 0 aliphatic carbocycles. The first-order valence-corrected chi connectivity index (χ1v) is 8.86. The predicted octanol–water partition coefficient (Wildman–Crippen LogP) is 2.02. The number of non-ortho nitro benzene ring substituents is 1. The number of morpholine rings is 1. The standard InChI is InChI=1S/C19H20N4O6/c1-28-17-7-6-13(23(26)27)12-15(17)21-19(25)18(24)20-14-4-2-3-5-16(14)22-8-10-29-11-9-22/h2-7,12H,8-11H2,1H3,(H,20,24)(H,21,25). The summed E-state index contributed by atoms with van der Waals surface area (Å²) in [5, 5.41) is 15.9. The molecule has 2 aromatic rings. The highest BCUT2D eigenvalue weighted by Gasteiger charge is 2.21. The fourth-order valence-electron chi connectivity index (χ4n) is 2.92. The lowest BCUT2D eigenvalue weighted by Crippen LogP contribution is -2.37. The van der Waals surface area contributed by atoms with Crippen molar-refractivity contribution in [1.29, 1.82) is 0 Å². The fraction of sp³-hybridized carbons (Fsp3) is 0.263. The molecule has 3 rings (SSSR count). The summed E-state index contributed by atoms with van der Waals surface area (Å²) in [6.07, 6.45) is 0. The average molecular weight is 400 g/mol. The second kappa shape index (κ2) is 9.02. The number of hydrogen-bond donors (Lipinski definition) is 2. The monoisotopic (exact) mass is 400 g/mol. The quantitative estimate of drug-likeness (QED) is 0.447. The van der Waals surface area contributed by atoms with Gasteiger partial charge in [0.25, 0.3) is 5.69 Å². The van der Waals surface area contributed by atoms with Crippen LogP contribution in [-0.4, -0.2) is 50.2 Å². The smallest absolute Gasteiger partial charge is 0.314 e. The Hall–Kier alpha value is -3.66. The maximum Gasteiger partial charge on any atom is 0.314 e. The maximum atomic E-state index is 12.4. The number of nitrogens with one attached hydrogen (secondary N) is 2. The molecule has 1 aliphatic heterocycles. The van der Waals surface area contributed by atoms with Gasteiger partial charge in [-0.1, -0.05) is 12.1 Å². The molecule has 0 atom stereocenters. The van der Waals surface area contributed by atoms with Crippen molar-refractivity contribution in [3.05, 3.63) is 52.6 Å². The van der Waals surface area contributed by atoms with Gasteiger partial charge in [0, 0.05) is 25.2 Å². The van der Waals surface area contributed by atoms with Crippen LogP contribution in [0.5, 0.6) is 5.75 Å². The van der Waals surface area contributed by atoms with Gasteiger partial charge in [0.1, 0.15) is 5.75 Å². The number of hydrogen-bond acceptors (Lipinski definition) is 7. The van der Waals surface area contributed by atoms with Crippen molar-refractivity contribution in [1.82, 2.24) is 0 Å². The highest BCUT2D eigenvalue weighted by molar-refractivity contribution is 6.44. The van der Waals surface area contributed by atoms with Crippen molar-refractivity contribution in [2.45, 2.75) is 0 Å². The van der Waals surface area contributed by atoms with Crippen molar-refractivity contribution < 1.29 is 24.0 Å². The van der Waals surface area contributed by atoms with Gasteiger partial charge >= 0.3 is 11.8 Å². The van der Waals surface area contributed by atoms with Crippen LogP contribution in [0.2, 0.25) is 0 Å². The van der Waals surface area contributed by atoms with Crippen LogP contribution in [0.4, 0.5) is 22.7 Å². The molecule has 10 heteroatoms. The van der Waals surface area contributed by atoms with Gasteiger partial charge in [-0.25, -0.2) is 0 Å². The largest absolute Gasteiger partial charge is 0.495 e. The molecule has 0 bridgehead atoms. The Morgan fingerprint density at radius 1 is 1.07 bits per heavy atom. The summed E-state index contributed by atoms with van der Waals surface area (Å²) in [6.45, 7) is 2.50. The molecule has 1 aliphatic rings. The minimum Gasteiger partial charge on any atom is -0.495 e. The Morgan fingerprint density at radius 2 is 1.72 bits per heavy atom. The van der Waals surface area contributed by atoms with E-state index in [2.05, 4.69) is 15.5 Å². The minimum absolute atomic E-state index is 0.0308. The molecule has 0 spiro atoms. The molecule has 2 amide bonds. The summed E-state index contributed by atoms with van der Waals surface area (Å²) in [5.41, 5.74) is 1.06. The van der Waals surface area contributed by atoms with Crippen LogP contribution in [-0.2, 0) is 14.3 Å². The van der Waals surface area contributed by atoms with E-state index in [1.807, 2.05) is 12.1 Å². The fourth-order valence-corrected chi connectivity index (χ4v) is 2.92. The van der Waals surface area contributed by atoms with Crippen LogP contribution in [0.1, 0.15) is 0 Å². The van der Waals surface area contributed by atoms with Gasteiger partial charge in [-0.3, -0.25) is 19.7 Å². The Labute approximate surface area is 166 Å². The molecule has 2 aromatic carbocycles. The number of ether oxygens (including phenoxy) is 2. The molecule has 152 valence electrons. The first-order chi connectivity index (χ1) is 14.0. The Morgan fingerprint density at radius 3 is 2.38 bits per heavy atom. The van der Waals surface area contributed by atoms with Crippen molar-refractivity contribution in [3.8, 4) is 5.75 Å². The number of para-hydroxylation sites is 2. The molecule has 0 saturated carbocycles. The number of benzene rings is 2. The number of anilines is 3. The number of methoxy groups -OCH3 is 1. The highest BCUT2D eigenvalue weighted by Crippen LogP contribution is 2.29. The van der Waals surface area contributed by atoms with Gasteiger partial charge < -0.3 is 25.0 Å². The van der Waals surface area contributed by atoms with Gasteiger partial charge in [0.15, 0.2) is 0 Å². The Balaban J connectivity index is 1.75. The average Bonchev–Trinajstić information content (AvgIpc) is 2.74. The molecule has 0 aromatic heterocycles. The van der Waals surface area contributed by atoms with E-state index >= 15 is 0 Å². The van der Waals surface area contributed by atoms with Crippen LogP contribution in [0.15, 0.2) is 42.5 Å². The van der Waals surface area contributed by atoms with Crippen molar-refractivity contribution in [2.75, 3.05) is 48.9 Å². The van der Waals surface area contributed by atoms with Crippen LogP contribution in [0.25, 0.3) is 0 Å². The number of rotatable bonds is 5. The molecule has 29 heavy (non-hydrogen) atoms. The lowest BCUT2D eigenvalue weighted by atomic mass is 10.2. The van der Waals surface area contributed by atoms with Gasteiger partial charge in [0.05, 0.1) is 42.3 Å². The molecule has 1 heterocycles. The SMILES string of the molecule is COc1ccc([N+](=O)[O-])cc1NC(=O)C(=O)Nc1ccccc1N1CCOCC1. The zero-order valence-electron chi connectivity index (χ0n) is 15.7. The zero-order chi connectivity index (χ0) is 20.8. The summed E-state index contributed by atoms with van der Waals surface area (Å²) >= 11 is 0. The third kappa shape index (κ3) is 4.79. The van der Waals surface area contributed by atoms with E-state index in [0.717, 1.165) is 11.8 Å². The third-order valence-corrected chi connectivity index (χ3v) is 4.35. The number of carbonyl (C=O) groups is 2. The van der Waals surface area contributed by atoms with E-state index in [-0.39, 0.29) is 17.1 Å². The van der Waals surface area contributed by atoms with Crippen LogP contribution in [0.3, 0.4) is 0 Å². The Bertz CT molecular complexity index is 927. The molecular weight excluding hydrogens is 380 g/mol. The second-order valence-corrected chi connectivity index (χ2v) is 6.17. The second-order valence-electron chi connectivity index (χ2n) is 6.17. The molecule has 0 radical (unpaired) electrons. The van der Waals surface area contributed by atoms with E-state index in [0.29, 0.717) is 32.0 Å². The van der Waals surface area contributed by atoms with E-state index in [1.165, 1.54) is 19.2 Å². The van der Waals surface area contributed by atoms with Crippen molar-refractivity contribution in [2.24, 2.45) is 0 Å². The number of amides is 2.